The van der Waals surface area contributed by atoms with E-state index >= 15 is 0 Å². The minimum absolute atomic E-state index is 0.138. The molecule has 0 spiro atoms. The highest BCUT2D eigenvalue weighted by Gasteiger charge is 2.15. The molecule has 2 aliphatic rings. The second-order valence-corrected chi connectivity index (χ2v) is 7.33. The molecule has 0 bridgehead atoms. The molecule has 6 nitrogen and oxygen atoms in total. The fourth-order valence-electron chi connectivity index (χ4n) is 3.35. The van der Waals surface area contributed by atoms with Crippen molar-refractivity contribution in [3.63, 3.8) is 0 Å². The van der Waals surface area contributed by atoms with Gasteiger partial charge in [-0.15, -0.1) is 0 Å². The molecule has 0 heterocycles. The predicted molar refractivity (Wildman–Crippen MR) is 95.7 cm³/mol. The van der Waals surface area contributed by atoms with Crippen LogP contribution in [0.1, 0.15) is 78.1 Å². The zero-order valence-electron chi connectivity index (χ0n) is 14.9. The molecule has 0 radical (unpaired) electrons. The number of rotatable bonds is 5. The molecule has 2 atom stereocenters. The molecule has 2 amide bonds. The van der Waals surface area contributed by atoms with Crippen LogP contribution >= 0.6 is 0 Å². The Morgan fingerprint density at radius 1 is 0.875 bits per heavy atom. The Morgan fingerprint density at radius 2 is 1.29 bits per heavy atom. The van der Waals surface area contributed by atoms with Crippen LogP contribution in [0.3, 0.4) is 0 Å². The van der Waals surface area contributed by atoms with E-state index in [1.807, 2.05) is 0 Å². The summed E-state index contributed by atoms with van der Waals surface area (Å²) in [6.07, 6.45) is 8.84. The lowest BCUT2D eigenvalue weighted by Crippen LogP contribution is -2.26. The number of hydrogen-bond acceptors (Lipinski definition) is 4. The maximum Gasteiger partial charge on any atom is 0.240 e. The van der Waals surface area contributed by atoms with Crippen LogP contribution in [0.5, 0.6) is 0 Å². The van der Waals surface area contributed by atoms with Crippen molar-refractivity contribution in [3.8, 4) is 0 Å². The van der Waals surface area contributed by atoms with E-state index in [9.17, 15) is 9.59 Å². The first-order valence-electron chi connectivity index (χ1n) is 9.21. The van der Waals surface area contributed by atoms with Crippen molar-refractivity contribution in [1.29, 1.82) is 0 Å². The molecular weight excluding hydrogens is 304 g/mol. The zero-order chi connectivity index (χ0) is 17.4. The highest BCUT2D eigenvalue weighted by molar-refractivity contribution is 5.89. The summed E-state index contributed by atoms with van der Waals surface area (Å²) >= 11 is 0. The average molecular weight is 334 g/mol. The Bertz CT molecular complexity index is 467. The van der Waals surface area contributed by atoms with Gasteiger partial charge in [0.05, 0.1) is 0 Å². The van der Waals surface area contributed by atoms with Gasteiger partial charge in [0.1, 0.15) is 0 Å². The smallest absolute Gasteiger partial charge is 0.240 e. The van der Waals surface area contributed by atoms with Crippen molar-refractivity contribution < 1.29 is 9.59 Å². The molecule has 2 fully saturated rings. The monoisotopic (exact) mass is 334 g/mol. The fourth-order valence-corrected chi connectivity index (χ4v) is 3.35. The summed E-state index contributed by atoms with van der Waals surface area (Å²) in [7, 11) is 0. The van der Waals surface area contributed by atoms with Gasteiger partial charge in [-0.25, -0.2) is 10.9 Å². The number of nitrogens with one attached hydrogen (secondary N) is 2. The van der Waals surface area contributed by atoms with Crippen LogP contribution in [-0.2, 0) is 9.59 Å². The Hall–Kier alpha value is -1.72. The van der Waals surface area contributed by atoms with Gasteiger partial charge >= 0.3 is 0 Å². The van der Waals surface area contributed by atoms with Gasteiger partial charge in [-0.3, -0.25) is 9.59 Å². The molecule has 6 heteroatoms. The molecule has 2 saturated carbocycles. The van der Waals surface area contributed by atoms with Gasteiger partial charge in [0, 0.05) is 24.3 Å². The molecule has 24 heavy (non-hydrogen) atoms. The highest BCUT2D eigenvalue weighted by Crippen LogP contribution is 2.21. The number of amides is 2. The average Bonchev–Trinajstić information content (AvgIpc) is 2.56. The summed E-state index contributed by atoms with van der Waals surface area (Å²) in [5, 5.41) is 8.39. The molecule has 0 aliphatic heterocycles. The summed E-state index contributed by atoms with van der Waals surface area (Å²) in [6.45, 7) is 4.41. The summed E-state index contributed by atoms with van der Waals surface area (Å²) in [5.41, 5.74) is 7.26. The molecule has 0 saturated heterocycles. The van der Waals surface area contributed by atoms with Crippen molar-refractivity contribution in [2.45, 2.75) is 78.1 Å². The van der Waals surface area contributed by atoms with Crippen molar-refractivity contribution in [3.05, 3.63) is 0 Å². The van der Waals surface area contributed by atoms with Gasteiger partial charge in [0.2, 0.25) is 11.8 Å². The van der Waals surface area contributed by atoms with Gasteiger partial charge in [0.25, 0.3) is 0 Å². The fraction of sp³-hybridized carbons (Fsp3) is 0.778. The van der Waals surface area contributed by atoms with Crippen molar-refractivity contribution in [2.24, 2.45) is 22.0 Å². The minimum Gasteiger partial charge on any atom is -0.273 e. The summed E-state index contributed by atoms with van der Waals surface area (Å²) < 4.78 is 0. The standard InChI is InChI=1S/C18H30N4O2/c1-13-5-3-7-15(11-13)19-21-17(23)9-10-18(24)22-20-16-8-4-6-14(2)12-16/h13-14H,3-12H2,1-2H3,(H,21,23)(H,22,24). The Balaban J connectivity index is 1.65. The largest absolute Gasteiger partial charge is 0.273 e. The predicted octanol–water partition coefficient (Wildman–Crippen LogP) is 3.13. The SMILES string of the molecule is CC1CCCC(=NNC(=O)CCC(=O)NN=C2CCCC(C)C2)C1. The van der Waals surface area contributed by atoms with E-state index in [0.717, 1.165) is 49.9 Å². The van der Waals surface area contributed by atoms with Gasteiger partial charge in [-0.1, -0.05) is 13.8 Å². The quantitative estimate of drug-likeness (QED) is 0.757. The Kier molecular flexibility index (Phi) is 7.40. The normalized spacial score (nSPS) is 27.9. The van der Waals surface area contributed by atoms with Crippen LogP contribution < -0.4 is 10.9 Å². The van der Waals surface area contributed by atoms with Gasteiger partial charge in [0.15, 0.2) is 0 Å². The molecule has 0 aromatic heterocycles. The summed E-state index contributed by atoms with van der Waals surface area (Å²) in [4.78, 5) is 23.6. The van der Waals surface area contributed by atoms with Gasteiger partial charge in [-0.05, 0) is 63.2 Å². The Labute approximate surface area is 144 Å². The summed E-state index contributed by atoms with van der Waals surface area (Å²) in [5.74, 6) is 0.855. The number of hydrazone groups is 2. The molecule has 2 N–H and O–H groups in total. The lowest BCUT2D eigenvalue weighted by atomic mass is 9.89. The lowest BCUT2D eigenvalue weighted by molar-refractivity contribution is -0.126. The third-order valence-corrected chi connectivity index (χ3v) is 4.75. The van der Waals surface area contributed by atoms with Crippen LogP contribution in [0.15, 0.2) is 10.2 Å². The summed E-state index contributed by atoms with van der Waals surface area (Å²) in [6, 6.07) is 0. The first-order chi connectivity index (χ1) is 11.5. The third kappa shape index (κ3) is 6.81. The van der Waals surface area contributed by atoms with Gasteiger partial charge in [-0.2, -0.15) is 10.2 Å². The van der Waals surface area contributed by atoms with Crippen LogP contribution in [0.2, 0.25) is 0 Å². The highest BCUT2D eigenvalue weighted by atomic mass is 16.2. The molecule has 2 unspecified atom stereocenters. The topological polar surface area (TPSA) is 82.9 Å². The lowest BCUT2D eigenvalue weighted by Gasteiger charge is -2.19. The van der Waals surface area contributed by atoms with Crippen LogP contribution in [0, 0.1) is 11.8 Å². The zero-order valence-corrected chi connectivity index (χ0v) is 14.9. The van der Waals surface area contributed by atoms with E-state index in [2.05, 4.69) is 34.9 Å². The minimum atomic E-state index is -0.213. The van der Waals surface area contributed by atoms with Gasteiger partial charge < -0.3 is 0 Å². The van der Waals surface area contributed by atoms with E-state index in [4.69, 9.17) is 0 Å². The van der Waals surface area contributed by atoms with Crippen LogP contribution in [0.25, 0.3) is 0 Å². The molecule has 134 valence electrons. The number of nitrogens with zero attached hydrogens (tertiary/aromatic N) is 2. The number of carbonyl (C=O) groups excluding carboxylic acids is 2. The van der Waals surface area contributed by atoms with Crippen LogP contribution in [0.4, 0.5) is 0 Å². The first-order valence-corrected chi connectivity index (χ1v) is 9.21. The molecule has 2 aliphatic carbocycles. The van der Waals surface area contributed by atoms with E-state index in [-0.39, 0.29) is 24.7 Å². The van der Waals surface area contributed by atoms with E-state index < -0.39 is 0 Å². The molecule has 0 aromatic carbocycles. The number of carbonyl (C=O) groups is 2. The molecule has 0 aromatic rings. The van der Waals surface area contributed by atoms with E-state index in [1.165, 1.54) is 12.8 Å². The maximum absolute atomic E-state index is 11.8. The first kappa shape index (κ1) is 18.6. The van der Waals surface area contributed by atoms with Crippen LogP contribution in [-0.4, -0.2) is 23.2 Å². The second-order valence-electron chi connectivity index (χ2n) is 7.33. The third-order valence-electron chi connectivity index (χ3n) is 4.75. The van der Waals surface area contributed by atoms with Crippen molar-refractivity contribution in [1.82, 2.24) is 10.9 Å². The number of hydrogen-bond donors (Lipinski definition) is 2. The van der Waals surface area contributed by atoms with E-state index in [1.54, 1.807) is 0 Å². The van der Waals surface area contributed by atoms with Crippen molar-refractivity contribution >= 4 is 23.2 Å². The second kappa shape index (κ2) is 9.55. The molecular formula is C18H30N4O2. The Morgan fingerprint density at radius 3 is 1.67 bits per heavy atom. The maximum atomic E-state index is 11.8. The van der Waals surface area contributed by atoms with Crippen molar-refractivity contribution in [2.75, 3.05) is 0 Å². The molecule has 2 rings (SSSR count). The van der Waals surface area contributed by atoms with E-state index in [0.29, 0.717) is 11.8 Å².